The van der Waals surface area contributed by atoms with E-state index in [4.69, 9.17) is 0 Å². The van der Waals surface area contributed by atoms with E-state index in [1.165, 1.54) is 12.1 Å². The molecule has 0 radical (unpaired) electrons. The van der Waals surface area contributed by atoms with Crippen molar-refractivity contribution in [2.45, 2.75) is 6.54 Å². The molecule has 0 spiro atoms. The van der Waals surface area contributed by atoms with E-state index in [1.54, 1.807) is 28.5 Å². The summed E-state index contributed by atoms with van der Waals surface area (Å²) in [7, 11) is 0. The fourth-order valence-corrected chi connectivity index (χ4v) is 1.38. The molecule has 0 saturated carbocycles. The van der Waals surface area contributed by atoms with Crippen LogP contribution in [-0.2, 0) is 6.54 Å². The number of hydrazone groups is 1. The summed E-state index contributed by atoms with van der Waals surface area (Å²) in [4.78, 5) is 0. The van der Waals surface area contributed by atoms with Gasteiger partial charge in [-0.3, -0.25) is 0 Å². The molecule has 1 aliphatic rings. The van der Waals surface area contributed by atoms with E-state index in [0.717, 1.165) is 6.07 Å². The second kappa shape index (κ2) is 3.73. The molecule has 0 fully saturated rings. The van der Waals surface area contributed by atoms with Crippen LogP contribution in [0.3, 0.4) is 0 Å². The highest BCUT2D eigenvalue weighted by molar-refractivity contribution is 5.20. The van der Waals surface area contributed by atoms with Gasteiger partial charge in [0.05, 0.1) is 19.8 Å². The second-order valence-corrected chi connectivity index (χ2v) is 3.26. The first kappa shape index (κ1) is 9.71. The van der Waals surface area contributed by atoms with Gasteiger partial charge >= 0.3 is 0 Å². The molecular formula is C11H10F2N2. The maximum absolute atomic E-state index is 13.3. The quantitative estimate of drug-likeness (QED) is 0.532. The fourth-order valence-electron chi connectivity index (χ4n) is 1.38. The number of hydrazine groups is 1. The van der Waals surface area contributed by atoms with Crippen molar-refractivity contribution in [2.75, 3.05) is 0 Å². The van der Waals surface area contributed by atoms with E-state index in [9.17, 15) is 8.78 Å². The first-order chi connectivity index (χ1) is 7.16. The first-order valence-electron chi connectivity index (χ1n) is 4.49. The Bertz CT molecular complexity index is 427. The summed E-state index contributed by atoms with van der Waals surface area (Å²) in [5.41, 5.74) is 0.435. The molecule has 15 heavy (non-hydrogen) atoms. The molecule has 0 aliphatic carbocycles. The molecule has 0 bridgehead atoms. The molecular weight excluding hydrogens is 198 g/mol. The van der Waals surface area contributed by atoms with Gasteiger partial charge in [0.25, 0.3) is 0 Å². The number of hydrogen-bond acceptors (Lipinski definition) is 1. The highest BCUT2D eigenvalue weighted by Crippen LogP contribution is 2.14. The average molecular weight is 208 g/mol. The molecule has 1 aromatic carbocycles. The van der Waals surface area contributed by atoms with Gasteiger partial charge in [0, 0.05) is 11.6 Å². The van der Waals surface area contributed by atoms with Crippen molar-refractivity contribution in [3.63, 3.8) is 0 Å². The van der Waals surface area contributed by atoms with Crippen LogP contribution in [0.15, 0.2) is 30.5 Å². The standard InChI is InChI=1S/C11H10F2N2/c1-14-5-2-6-15(14)8-9-3-4-10(12)7-11(9)13/h2-7H,1,8H2. The van der Waals surface area contributed by atoms with Gasteiger partial charge in [-0.2, -0.15) is 0 Å². The Labute approximate surface area is 86.7 Å². The number of rotatable bonds is 2. The lowest BCUT2D eigenvalue weighted by atomic mass is 10.2. The van der Waals surface area contributed by atoms with Gasteiger partial charge in [0.2, 0.25) is 0 Å². The zero-order chi connectivity index (χ0) is 10.8. The van der Waals surface area contributed by atoms with Crippen LogP contribution in [0, 0.1) is 18.2 Å². The summed E-state index contributed by atoms with van der Waals surface area (Å²) in [6.45, 7) is 5.79. The summed E-state index contributed by atoms with van der Waals surface area (Å²) < 4.78 is 27.5. The summed E-state index contributed by atoms with van der Waals surface area (Å²) in [5, 5.41) is 1.72. The summed E-state index contributed by atoms with van der Waals surface area (Å²) >= 11 is 0. The first-order valence-corrected chi connectivity index (χ1v) is 4.49. The smallest absolute Gasteiger partial charge is 0.131 e. The van der Waals surface area contributed by atoms with Crippen molar-refractivity contribution in [1.29, 1.82) is 0 Å². The van der Waals surface area contributed by atoms with Crippen LogP contribution in [0.25, 0.3) is 0 Å². The van der Waals surface area contributed by atoms with E-state index >= 15 is 0 Å². The fraction of sp³-hybridized carbons (Fsp3) is 0.0909. The maximum atomic E-state index is 13.3. The van der Waals surface area contributed by atoms with Crippen LogP contribution in [-0.4, -0.2) is 16.4 Å². The molecule has 0 amide bonds. The third-order valence-corrected chi connectivity index (χ3v) is 2.19. The third-order valence-electron chi connectivity index (χ3n) is 2.19. The van der Waals surface area contributed by atoms with Gasteiger partial charge in [-0.05, 0) is 12.3 Å². The Balaban J connectivity index is 2.17. The van der Waals surface area contributed by atoms with Gasteiger partial charge in [-0.15, -0.1) is 0 Å². The largest absolute Gasteiger partial charge is 0.225 e. The maximum Gasteiger partial charge on any atom is 0.131 e. The Hall–Kier alpha value is -1.84. The van der Waals surface area contributed by atoms with Crippen molar-refractivity contribution < 1.29 is 13.5 Å². The molecule has 2 rings (SSSR count). The number of halogens is 2. The third kappa shape index (κ3) is 1.98. The van der Waals surface area contributed by atoms with Crippen molar-refractivity contribution >= 4 is 6.72 Å². The zero-order valence-corrected chi connectivity index (χ0v) is 8.03. The minimum Gasteiger partial charge on any atom is -0.225 e. The SMILES string of the molecule is C=[N+]1[CH-]C=CN1Cc1ccc(F)cc1F. The van der Waals surface area contributed by atoms with Crippen LogP contribution in [0.5, 0.6) is 0 Å². The molecule has 0 saturated heterocycles. The normalized spacial score (nSPS) is 14.5. The van der Waals surface area contributed by atoms with Crippen LogP contribution in [0.1, 0.15) is 5.56 Å². The molecule has 1 heterocycles. The predicted octanol–water partition coefficient (Wildman–Crippen LogP) is 2.08. The highest BCUT2D eigenvalue weighted by atomic mass is 19.1. The lowest BCUT2D eigenvalue weighted by molar-refractivity contribution is -0.627. The van der Waals surface area contributed by atoms with Crippen molar-refractivity contribution in [3.8, 4) is 0 Å². The van der Waals surface area contributed by atoms with Crippen LogP contribution in [0.4, 0.5) is 8.78 Å². The Morgan fingerprint density at radius 3 is 2.80 bits per heavy atom. The lowest BCUT2D eigenvalue weighted by Crippen LogP contribution is -2.23. The van der Waals surface area contributed by atoms with Crippen molar-refractivity contribution in [3.05, 3.63) is 54.2 Å². The summed E-state index contributed by atoms with van der Waals surface area (Å²) in [6.07, 6.45) is 3.57. The van der Waals surface area contributed by atoms with Gasteiger partial charge in [0.1, 0.15) is 11.6 Å². The molecule has 4 heteroatoms. The molecule has 1 aliphatic heterocycles. The molecule has 1 aromatic rings. The molecule has 78 valence electrons. The summed E-state index contributed by atoms with van der Waals surface area (Å²) in [5.74, 6) is -1.10. The average Bonchev–Trinajstić information content (AvgIpc) is 2.57. The van der Waals surface area contributed by atoms with Crippen LogP contribution in [0.2, 0.25) is 0 Å². The van der Waals surface area contributed by atoms with E-state index in [2.05, 4.69) is 6.72 Å². The van der Waals surface area contributed by atoms with Crippen LogP contribution < -0.4 is 0 Å². The van der Waals surface area contributed by atoms with Crippen molar-refractivity contribution in [2.24, 2.45) is 0 Å². The van der Waals surface area contributed by atoms with E-state index in [0.29, 0.717) is 12.1 Å². The van der Waals surface area contributed by atoms with E-state index < -0.39 is 11.6 Å². The molecule has 0 unspecified atom stereocenters. The zero-order valence-electron chi connectivity index (χ0n) is 8.03. The minimum atomic E-state index is -0.564. The van der Waals surface area contributed by atoms with Crippen molar-refractivity contribution in [1.82, 2.24) is 5.01 Å². The molecule has 0 atom stereocenters. The number of hydrogen-bond donors (Lipinski definition) is 0. The topological polar surface area (TPSA) is 6.25 Å². The predicted molar refractivity (Wildman–Crippen MR) is 52.7 cm³/mol. The number of benzene rings is 1. The van der Waals surface area contributed by atoms with E-state index in [1.807, 2.05) is 0 Å². The van der Waals surface area contributed by atoms with Gasteiger partial charge in [-0.25, -0.2) is 18.5 Å². The van der Waals surface area contributed by atoms with Gasteiger partial charge in [0.15, 0.2) is 0 Å². The Morgan fingerprint density at radius 1 is 1.40 bits per heavy atom. The van der Waals surface area contributed by atoms with Gasteiger partial charge < -0.3 is 0 Å². The Morgan fingerprint density at radius 2 is 2.20 bits per heavy atom. The lowest BCUT2D eigenvalue weighted by Gasteiger charge is -2.16. The van der Waals surface area contributed by atoms with E-state index in [-0.39, 0.29) is 0 Å². The second-order valence-electron chi connectivity index (χ2n) is 3.26. The Kier molecular flexibility index (Phi) is 2.41. The highest BCUT2D eigenvalue weighted by Gasteiger charge is 2.12. The molecule has 0 aromatic heterocycles. The molecule has 0 N–H and O–H groups in total. The van der Waals surface area contributed by atoms with Crippen LogP contribution >= 0.6 is 0 Å². The number of nitrogens with zero attached hydrogens (tertiary/aromatic N) is 2. The van der Waals surface area contributed by atoms with Gasteiger partial charge in [-0.1, -0.05) is 12.1 Å². The minimum absolute atomic E-state index is 0.336. The summed E-state index contributed by atoms with van der Waals surface area (Å²) in [6, 6.07) is 3.56. The monoisotopic (exact) mass is 208 g/mol. The molecule has 2 nitrogen and oxygen atoms in total.